The fraction of sp³-hybridized carbons (Fsp3) is 0.286. The Morgan fingerprint density at radius 2 is 2.05 bits per heavy atom. The van der Waals surface area contributed by atoms with Crippen molar-refractivity contribution in [3.8, 4) is 0 Å². The van der Waals surface area contributed by atoms with Crippen LogP contribution in [0.15, 0.2) is 33.2 Å². The Morgan fingerprint density at radius 1 is 1.25 bits per heavy atom. The van der Waals surface area contributed by atoms with Crippen molar-refractivity contribution in [1.82, 2.24) is 5.32 Å². The van der Waals surface area contributed by atoms with Crippen LogP contribution >= 0.6 is 15.9 Å². The van der Waals surface area contributed by atoms with Gasteiger partial charge in [0.05, 0.1) is 0 Å². The first-order valence-electron chi connectivity index (χ1n) is 6.25. The summed E-state index contributed by atoms with van der Waals surface area (Å²) in [5, 5.41) is 12.1. The van der Waals surface area contributed by atoms with Crippen molar-refractivity contribution in [2.24, 2.45) is 0 Å². The summed E-state index contributed by atoms with van der Waals surface area (Å²) >= 11 is 3.36. The number of carboxylic acid groups (broad SMARTS) is 1. The first kappa shape index (κ1) is 14.6. The van der Waals surface area contributed by atoms with Crippen LogP contribution in [0.5, 0.6) is 0 Å². The van der Waals surface area contributed by atoms with Gasteiger partial charge in [-0.05, 0) is 37.1 Å². The molecule has 0 radical (unpaired) electrons. The number of amides is 1. The maximum Gasteiger partial charge on any atom is 0.303 e. The lowest BCUT2D eigenvalue weighted by Crippen LogP contribution is -2.24. The maximum absolute atomic E-state index is 11.9. The number of hydrogen-bond donors (Lipinski definition) is 2. The number of rotatable bonds is 6. The number of benzene rings is 1. The fourth-order valence-electron chi connectivity index (χ4n) is 1.82. The number of carbonyl (C=O) groups excluding carboxylic acids is 1. The summed E-state index contributed by atoms with van der Waals surface area (Å²) in [6, 6.07) is 7.21. The summed E-state index contributed by atoms with van der Waals surface area (Å²) in [6.07, 6.45) is 1.29. The molecule has 0 aliphatic rings. The quantitative estimate of drug-likeness (QED) is 0.792. The van der Waals surface area contributed by atoms with Crippen LogP contribution < -0.4 is 5.32 Å². The number of unbranched alkanes of at least 4 members (excludes halogenated alkanes) is 1. The van der Waals surface area contributed by atoms with Gasteiger partial charge in [0.2, 0.25) is 0 Å². The van der Waals surface area contributed by atoms with Gasteiger partial charge in [0, 0.05) is 22.8 Å². The van der Waals surface area contributed by atoms with Gasteiger partial charge in [-0.2, -0.15) is 0 Å². The van der Waals surface area contributed by atoms with Gasteiger partial charge in [0.1, 0.15) is 5.58 Å². The number of carbonyl (C=O) groups is 2. The van der Waals surface area contributed by atoms with Crippen LogP contribution in [0.2, 0.25) is 0 Å². The molecule has 2 N–H and O–H groups in total. The molecule has 1 heterocycles. The molecule has 0 bridgehead atoms. The minimum absolute atomic E-state index is 0.120. The van der Waals surface area contributed by atoms with Crippen LogP contribution in [0, 0.1) is 0 Å². The van der Waals surface area contributed by atoms with Crippen molar-refractivity contribution in [3.63, 3.8) is 0 Å². The average Bonchev–Trinajstić information content (AvgIpc) is 2.80. The Balaban J connectivity index is 1.89. The topological polar surface area (TPSA) is 79.5 Å². The second-order valence-electron chi connectivity index (χ2n) is 4.40. The molecule has 0 unspecified atom stereocenters. The standard InChI is InChI=1S/C14H14BrNO4/c15-10-4-5-11-9(7-10)8-12(20-11)14(19)16-6-2-1-3-13(17)18/h4-5,7-8H,1-3,6H2,(H,16,19)(H,17,18). The lowest BCUT2D eigenvalue weighted by Gasteiger charge is -2.01. The van der Waals surface area contributed by atoms with E-state index in [0.717, 1.165) is 9.86 Å². The summed E-state index contributed by atoms with van der Waals surface area (Å²) in [4.78, 5) is 22.2. The van der Waals surface area contributed by atoms with Crippen LogP contribution in [-0.2, 0) is 4.79 Å². The Bertz CT molecular complexity index is 635. The smallest absolute Gasteiger partial charge is 0.303 e. The fourth-order valence-corrected chi connectivity index (χ4v) is 2.20. The molecule has 0 saturated heterocycles. The maximum atomic E-state index is 11.9. The second kappa shape index (κ2) is 6.56. The zero-order valence-electron chi connectivity index (χ0n) is 10.7. The molecule has 0 atom stereocenters. The molecule has 2 rings (SSSR count). The van der Waals surface area contributed by atoms with Crippen molar-refractivity contribution in [2.45, 2.75) is 19.3 Å². The monoisotopic (exact) mass is 339 g/mol. The van der Waals surface area contributed by atoms with Gasteiger partial charge >= 0.3 is 5.97 Å². The number of fused-ring (bicyclic) bond motifs is 1. The van der Waals surface area contributed by atoms with Gasteiger partial charge in [0.25, 0.3) is 5.91 Å². The van der Waals surface area contributed by atoms with Crippen molar-refractivity contribution in [1.29, 1.82) is 0 Å². The molecule has 0 aliphatic heterocycles. The van der Waals surface area contributed by atoms with Gasteiger partial charge in [0.15, 0.2) is 5.76 Å². The number of aliphatic carboxylic acids is 1. The van der Waals surface area contributed by atoms with Crippen LogP contribution in [-0.4, -0.2) is 23.5 Å². The van der Waals surface area contributed by atoms with E-state index in [1.54, 1.807) is 12.1 Å². The van der Waals surface area contributed by atoms with Gasteiger partial charge in [-0.3, -0.25) is 9.59 Å². The van der Waals surface area contributed by atoms with E-state index in [4.69, 9.17) is 9.52 Å². The molecule has 106 valence electrons. The molecule has 0 aliphatic carbocycles. The highest BCUT2D eigenvalue weighted by molar-refractivity contribution is 9.10. The molecular formula is C14H14BrNO4. The largest absolute Gasteiger partial charge is 0.481 e. The summed E-state index contributed by atoms with van der Waals surface area (Å²) in [5.41, 5.74) is 0.657. The molecule has 2 aromatic rings. The third kappa shape index (κ3) is 3.84. The summed E-state index contributed by atoms with van der Waals surface area (Å²) in [6.45, 7) is 0.437. The zero-order chi connectivity index (χ0) is 14.5. The van der Waals surface area contributed by atoms with E-state index in [-0.39, 0.29) is 18.1 Å². The molecule has 1 aromatic heterocycles. The normalized spacial score (nSPS) is 10.7. The molecule has 0 saturated carbocycles. The Kier molecular flexibility index (Phi) is 4.79. The Labute approximate surface area is 124 Å². The molecule has 6 heteroatoms. The van der Waals surface area contributed by atoms with Crippen molar-refractivity contribution in [3.05, 3.63) is 34.5 Å². The number of carboxylic acids is 1. The predicted molar refractivity (Wildman–Crippen MR) is 77.7 cm³/mol. The summed E-state index contributed by atoms with van der Waals surface area (Å²) in [5.74, 6) is -0.844. The highest BCUT2D eigenvalue weighted by Crippen LogP contribution is 2.23. The molecule has 0 spiro atoms. The summed E-state index contributed by atoms with van der Waals surface area (Å²) in [7, 11) is 0. The molecule has 1 aromatic carbocycles. The summed E-state index contributed by atoms with van der Waals surface area (Å²) < 4.78 is 6.38. The van der Waals surface area contributed by atoms with Crippen molar-refractivity contribution < 1.29 is 19.1 Å². The van der Waals surface area contributed by atoms with Crippen LogP contribution in [0.4, 0.5) is 0 Å². The third-order valence-corrected chi connectivity index (χ3v) is 3.30. The molecule has 5 nitrogen and oxygen atoms in total. The third-order valence-electron chi connectivity index (χ3n) is 2.81. The van der Waals surface area contributed by atoms with E-state index in [9.17, 15) is 9.59 Å². The van der Waals surface area contributed by atoms with Gasteiger partial charge < -0.3 is 14.8 Å². The molecule has 20 heavy (non-hydrogen) atoms. The van der Waals surface area contributed by atoms with Crippen molar-refractivity contribution in [2.75, 3.05) is 6.54 Å². The van der Waals surface area contributed by atoms with E-state index in [2.05, 4.69) is 21.2 Å². The molecule has 1 amide bonds. The number of nitrogens with one attached hydrogen (secondary N) is 1. The first-order chi connectivity index (χ1) is 9.56. The lowest BCUT2D eigenvalue weighted by atomic mass is 10.2. The van der Waals surface area contributed by atoms with E-state index in [1.807, 2.05) is 12.1 Å². The minimum Gasteiger partial charge on any atom is -0.481 e. The molecular weight excluding hydrogens is 326 g/mol. The number of furan rings is 1. The lowest BCUT2D eigenvalue weighted by molar-refractivity contribution is -0.137. The first-order valence-corrected chi connectivity index (χ1v) is 7.04. The molecule has 0 fully saturated rings. The second-order valence-corrected chi connectivity index (χ2v) is 5.32. The van der Waals surface area contributed by atoms with Gasteiger partial charge in [-0.1, -0.05) is 15.9 Å². The number of hydrogen-bond acceptors (Lipinski definition) is 3. The van der Waals surface area contributed by atoms with Crippen LogP contribution in [0.3, 0.4) is 0 Å². The number of halogens is 1. The van der Waals surface area contributed by atoms with Gasteiger partial charge in [-0.15, -0.1) is 0 Å². The highest BCUT2D eigenvalue weighted by Gasteiger charge is 2.11. The zero-order valence-corrected chi connectivity index (χ0v) is 12.3. The predicted octanol–water partition coefficient (Wildman–Crippen LogP) is 3.18. The SMILES string of the molecule is O=C(O)CCCCNC(=O)c1cc2cc(Br)ccc2o1. The van der Waals surface area contributed by atoms with Crippen molar-refractivity contribution >= 4 is 38.8 Å². The average molecular weight is 340 g/mol. The van der Waals surface area contributed by atoms with Gasteiger partial charge in [-0.25, -0.2) is 0 Å². The Hall–Kier alpha value is -1.82. The Morgan fingerprint density at radius 3 is 2.80 bits per heavy atom. The highest BCUT2D eigenvalue weighted by atomic mass is 79.9. The van der Waals surface area contributed by atoms with E-state index in [1.165, 1.54) is 0 Å². The minimum atomic E-state index is -0.820. The van der Waals surface area contributed by atoms with Crippen LogP contribution in [0.25, 0.3) is 11.0 Å². The van der Waals surface area contributed by atoms with E-state index >= 15 is 0 Å². The van der Waals surface area contributed by atoms with Crippen LogP contribution in [0.1, 0.15) is 29.8 Å². The van der Waals surface area contributed by atoms with E-state index < -0.39 is 5.97 Å². The van der Waals surface area contributed by atoms with E-state index in [0.29, 0.717) is 25.0 Å².